The Bertz CT molecular complexity index is 876. The highest BCUT2D eigenvalue weighted by Crippen LogP contribution is 2.34. The first kappa shape index (κ1) is 20.6. The van der Waals surface area contributed by atoms with E-state index in [0.29, 0.717) is 24.4 Å². The third-order valence-corrected chi connectivity index (χ3v) is 6.55. The number of halogens is 1. The second kappa shape index (κ2) is 8.99. The highest BCUT2D eigenvalue weighted by Gasteiger charge is 2.43. The topological polar surface area (TPSA) is 40.6 Å². The molecule has 1 aliphatic carbocycles. The van der Waals surface area contributed by atoms with Crippen LogP contribution in [0.4, 0.5) is 4.39 Å². The Hall–Kier alpha value is -2.69. The van der Waals surface area contributed by atoms with Crippen molar-refractivity contribution in [2.45, 2.75) is 51.1 Å². The molecule has 1 heterocycles. The van der Waals surface area contributed by atoms with Crippen molar-refractivity contribution in [2.75, 3.05) is 13.1 Å². The van der Waals surface area contributed by atoms with Gasteiger partial charge >= 0.3 is 0 Å². The van der Waals surface area contributed by atoms with E-state index in [2.05, 4.69) is 6.92 Å². The zero-order valence-corrected chi connectivity index (χ0v) is 17.5. The number of rotatable bonds is 5. The standard InChI is InChI=1S/C25H29FN2O2/c1-18-7-13-22(14-8-18)28-17-23(29)27(16-15-19-5-3-2-4-6-19)24(25(28)30)20-9-11-21(26)12-10-20/h2-6,9-12,18,22,24H,7-8,13-17H2,1H3/t18?,22?,24-/m0/s1. The lowest BCUT2D eigenvalue weighted by atomic mass is 9.85. The number of carbonyl (C=O) groups is 2. The van der Waals surface area contributed by atoms with Crippen LogP contribution in [0.15, 0.2) is 54.6 Å². The normalized spacial score (nSPS) is 24.9. The molecule has 2 aromatic rings. The second-order valence-corrected chi connectivity index (χ2v) is 8.66. The lowest BCUT2D eigenvalue weighted by Crippen LogP contribution is -2.59. The van der Waals surface area contributed by atoms with Crippen LogP contribution in [-0.4, -0.2) is 40.7 Å². The van der Waals surface area contributed by atoms with Gasteiger partial charge in [-0.05, 0) is 61.3 Å². The third kappa shape index (κ3) is 4.40. The van der Waals surface area contributed by atoms with Crippen LogP contribution in [0.3, 0.4) is 0 Å². The summed E-state index contributed by atoms with van der Waals surface area (Å²) >= 11 is 0. The maximum absolute atomic E-state index is 13.6. The average molecular weight is 409 g/mol. The van der Waals surface area contributed by atoms with Crippen molar-refractivity contribution >= 4 is 11.8 Å². The van der Waals surface area contributed by atoms with E-state index in [1.807, 2.05) is 30.3 Å². The van der Waals surface area contributed by atoms with Crippen LogP contribution in [-0.2, 0) is 16.0 Å². The molecule has 0 spiro atoms. The molecular weight excluding hydrogens is 379 g/mol. The van der Waals surface area contributed by atoms with E-state index in [0.717, 1.165) is 31.2 Å². The maximum atomic E-state index is 13.6. The Morgan fingerprint density at radius 3 is 2.27 bits per heavy atom. The molecular formula is C25H29FN2O2. The van der Waals surface area contributed by atoms with Crippen LogP contribution < -0.4 is 0 Å². The lowest BCUT2D eigenvalue weighted by molar-refractivity contribution is -0.159. The number of amides is 2. The van der Waals surface area contributed by atoms with E-state index >= 15 is 0 Å². The zero-order chi connectivity index (χ0) is 21.1. The quantitative estimate of drug-likeness (QED) is 0.738. The van der Waals surface area contributed by atoms with Crippen molar-refractivity contribution in [3.8, 4) is 0 Å². The summed E-state index contributed by atoms with van der Waals surface area (Å²) in [5.41, 5.74) is 1.80. The van der Waals surface area contributed by atoms with E-state index in [4.69, 9.17) is 0 Å². The Balaban J connectivity index is 1.59. The molecule has 0 bridgehead atoms. The van der Waals surface area contributed by atoms with Crippen LogP contribution in [0.5, 0.6) is 0 Å². The Morgan fingerprint density at radius 2 is 1.60 bits per heavy atom. The molecule has 1 saturated carbocycles. The van der Waals surface area contributed by atoms with Crippen LogP contribution >= 0.6 is 0 Å². The van der Waals surface area contributed by atoms with Gasteiger partial charge in [-0.2, -0.15) is 0 Å². The summed E-state index contributed by atoms with van der Waals surface area (Å²) in [6.45, 7) is 2.85. The van der Waals surface area contributed by atoms with Gasteiger partial charge in [-0.1, -0.05) is 49.4 Å². The average Bonchev–Trinajstić information content (AvgIpc) is 2.76. The number of hydrogen-bond acceptors (Lipinski definition) is 2. The number of nitrogens with zero attached hydrogens (tertiary/aromatic N) is 2. The molecule has 158 valence electrons. The van der Waals surface area contributed by atoms with Crippen molar-refractivity contribution < 1.29 is 14.0 Å². The number of piperazine rings is 1. The third-order valence-electron chi connectivity index (χ3n) is 6.55. The Labute approximate surface area is 177 Å². The van der Waals surface area contributed by atoms with Gasteiger partial charge in [0.15, 0.2) is 0 Å². The number of benzene rings is 2. The summed E-state index contributed by atoms with van der Waals surface area (Å²) in [6.07, 6.45) is 4.74. The minimum Gasteiger partial charge on any atom is -0.328 e. The SMILES string of the molecule is CC1CCC(N2CC(=O)N(CCc3ccccc3)[C@@H](c3ccc(F)cc3)C2=O)CC1. The van der Waals surface area contributed by atoms with Crippen LogP contribution in [0.1, 0.15) is 49.8 Å². The van der Waals surface area contributed by atoms with Crippen molar-refractivity contribution in [1.82, 2.24) is 9.80 Å². The predicted molar refractivity (Wildman–Crippen MR) is 114 cm³/mol. The minimum absolute atomic E-state index is 0.0292. The molecule has 0 radical (unpaired) electrons. The predicted octanol–water partition coefficient (Wildman–Crippen LogP) is 4.36. The van der Waals surface area contributed by atoms with Crippen LogP contribution in [0.25, 0.3) is 0 Å². The van der Waals surface area contributed by atoms with Gasteiger partial charge in [-0.3, -0.25) is 9.59 Å². The monoisotopic (exact) mass is 408 g/mol. The summed E-state index contributed by atoms with van der Waals surface area (Å²) < 4.78 is 13.5. The molecule has 1 saturated heterocycles. The van der Waals surface area contributed by atoms with Gasteiger partial charge in [0.1, 0.15) is 18.4 Å². The molecule has 2 aliphatic rings. The highest BCUT2D eigenvalue weighted by molar-refractivity contribution is 5.95. The van der Waals surface area contributed by atoms with Gasteiger partial charge in [-0.15, -0.1) is 0 Å². The lowest BCUT2D eigenvalue weighted by Gasteiger charge is -2.45. The first-order chi connectivity index (χ1) is 14.5. The summed E-state index contributed by atoms with van der Waals surface area (Å²) in [5, 5.41) is 0. The molecule has 4 nitrogen and oxygen atoms in total. The Kier molecular flexibility index (Phi) is 6.16. The maximum Gasteiger partial charge on any atom is 0.250 e. The number of hydrogen-bond donors (Lipinski definition) is 0. The van der Waals surface area contributed by atoms with E-state index in [1.54, 1.807) is 21.9 Å². The summed E-state index contributed by atoms with van der Waals surface area (Å²) in [6, 6.07) is 15.4. The van der Waals surface area contributed by atoms with Gasteiger partial charge in [0.25, 0.3) is 5.91 Å². The minimum atomic E-state index is -0.685. The van der Waals surface area contributed by atoms with E-state index in [1.165, 1.54) is 12.1 Å². The fourth-order valence-corrected chi connectivity index (χ4v) is 4.73. The molecule has 2 aromatic carbocycles. The molecule has 1 aliphatic heterocycles. The van der Waals surface area contributed by atoms with Crippen molar-refractivity contribution in [3.63, 3.8) is 0 Å². The van der Waals surface area contributed by atoms with Crippen LogP contribution in [0.2, 0.25) is 0 Å². The molecule has 2 amide bonds. The smallest absolute Gasteiger partial charge is 0.250 e. The summed E-state index contributed by atoms with van der Waals surface area (Å²) in [4.78, 5) is 30.3. The molecule has 30 heavy (non-hydrogen) atoms. The first-order valence-electron chi connectivity index (χ1n) is 10.9. The van der Waals surface area contributed by atoms with Crippen molar-refractivity contribution in [3.05, 3.63) is 71.5 Å². The fraction of sp³-hybridized carbons (Fsp3) is 0.440. The molecule has 0 unspecified atom stereocenters. The van der Waals surface area contributed by atoms with Gasteiger partial charge < -0.3 is 9.80 Å². The van der Waals surface area contributed by atoms with E-state index < -0.39 is 6.04 Å². The molecule has 0 aromatic heterocycles. The molecule has 2 fully saturated rings. The van der Waals surface area contributed by atoms with Crippen LogP contribution in [0, 0.1) is 11.7 Å². The molecule has 5 heteroatoms. The summed E-state index contributed by atoms with van der Waals surface area (Å²) in [7, 11) is 0. The molecule has 4 rings (SSSR count). The first-order valence-corrected chi connectivity index (χ1v) is 10.9. The van der Waals surface area contributed by atoms with Gasteiger partial charge in [-0.25, -0.2) is 4.39 Å². The Morgan fingerprint density at radius 1 is 0.933 bits per heavy atom. The van der Waals surface area contributed by atoms with Gasteiger partial charge in [0.05, 0.1) is 0 Å². The highest BCUT2D eigenvalue weighted by atomic mass is 19.1. The van der Waals surface area contributed by atoms with E-state index in [-0.39, 0.29) is 30.2 Å². The fourth-order valence-electron chi connectivity index (χ4n) is 4.73. The zero-order valence-electron chi connectivity index (χ0n) is 17.5. The van der Waals surface area contributed by atoms with Crippen molar-refractivity contribution in [2.24, 2.45) is 5.92 Å². The van der Waals surface area contributed by atoms with Gasteiger partial charge in [0, 0.05) is 12.6 Å². The van der Waals surface area contributed by atoms with Crippen molar-refractivity contribution in [1.29, 1.82) is 0 Å². The number of carbonyl (C=O) groups excluding carboxylic acids is 2. The van der Waals surface area contributed by atoms with Gasteiger partial charge in [0.2, 0.25) is 5.91 Å². The molecule has 0 N–H and O–H groups in total. The van der Waals surface area contributed by atoms with E-state index in [9.17, 15) is 14.0 Å². The largest absolute Gasteiger partial charge is 0.328 e. The molecule has 1 atom stereocenters. The summed E-state index contributed by atoms with van der Waals surface area (Å²) in [5.74, 6) is 0.265. The second-order valence-electron chi connectivity index (χ2n) is 8.66.